The second-order valence-corrected chi connectivity index (χ2v) is 9.26. The lowest BCUT2D eigenvalue weighted by Gasteiger charge is -2.23. The highest BCUT2D eigenvalue weighted by atomic mass is 16.4. The van der Waals surface area contributed by atoms with Gasteiger partial charge in [-0.05, 0) is 30.2 Å². The second-order valence-electron chi connectivity index (χ2n) is 9.26. The molecule has 0 fully saturated rings. The lowest BCUT2D eigenvalue weighted by Crippen LogP contribution is -2.28. The van der Waals surface area contributed by atoms with Gasteiger partial charge in [0.1, 0.15) is 29.4 Å². The van der Waals surface area contributed by atoms with E-state index in [0.29, 0.717) is 46.1 Å². The molecule has 3 N–H and O–H groups in total. The Kier molecular flexibility index (Phi) is 6.27. The largest absolute Gasteiger partial charge is 0.421 e. The summed E-state index contributed by atoms with van der Waals surface area (Å²) < 4.78 is 8.99. The molecule has 12 nitrogen and oxygen atoms in total. The summed E-state index contributed by atoms with van der Waals surface area (Å²) in [4.78, 5) is 27.9. The smallest absolute Gasteiger partial charge is 0.266 e. The Morgan fingerprint density at radius 3 is 2.60 bits per heavy atom. The van der Waals surface area contributed by atoms with Crippen molar-refractivity contribution in [3.63, 3.8) is 0 Å². The number of nitrogen functional groups attached to an aromatic ring is 1. The third kappa shape index (κ3) is 4.34. The zero-order valence-corrected chi connectivity index (χ0v) is 22.1. The van der Waals surface area contributed by atoms with E-state index in [2.05, 4.69) is 30.6 Å². The molecule has 40 heavy (non-hydrogen) atoms. The highest BCUT2D eigenvalue weighted by molar-refractivity contribution is 5.94. The third-order valence-electron chi connectivity index (χ3n) is 6.60. The molecule has 6 rings (SSSR count). The number of benzene rings is 2. The maximum absolute atomic E-state index is 14.4. The Morgan fingerprint density at radius 1 is 1.07 bits per heavy atom. The monoisotopic (exact) mass is 534 g/mol. The minimum absolute atomic E-state index is 0.184. The van der Waals surface area contributed by atoms with Crippen molar-refractivity contribution in [3.05, 3.63) is 89.3 Å². The van der Waals surface area contributed by atoms with Crippen molar-refractivity contribution in [1.29, 1.82) is 0 Å². The Bertz CT molecular complexity index is 1890. The number of nitrogens with two attached hydrogens (primary N) is 1. The maximum Gasteiger partial charge on any atom is 0.266 e. The minimum Gasteiger partial charge on any atom is -0.421 e. The summed E-state index contributed by atoms with van der Waals surface area (Å²) in [6.07, 6.45) is 5.55. The van der Waals surface area contributed by atoms with Crippen molar-refractivity contribution in [2.24, 2.45) is 7.05 Å². The van der Waals surface area contributed by atoms with Gasteiger partial charge in [-0.3, -0.25) is 14.0 Å². The van der Waals surface area contributed by atoms with E-state index >= 15 is 0 Å². The van der Waals surface area contributed by atoms with Crippen molar-refractivity contribution < 1.29 is 4.42 Å². The summed E-state index contributed by atoms with van der Waals surface area (Å²) >= 11 is 0. The van der Waals surface area contributed by atoms with Crippen molar-refractivity contribution in [2.45, 2.75) is 26.3 Å². The van der Waals surface area contributed by atoms with Crippen LogP contribution in [-0.4, -0.2) is 39.5 Å². The molecular formula is C28H26N10O2. The fourth-order valence-corrected chi connectivity index (χ4v) is 4.74. The predicted molar refractivity (Wildman–Crippen MR) is 151 cm³/mol. The van der Waals surface area contributed by atoms with Gasteiger partial charge in [-0.25, -0.2) is 15.0 Å². The number of nitrogens with one attached hydrogen (secondary N) is 1. The highest BCUT2D eigenvalue weighted by Gasteiger charge is 2.25. The molecule has 0 unspecified atom stereocenters. The lowest BCUT2D eigenvalue weighted by atomic mass is 10.0. The number of hydrogen-bond acceptors (Lipinski definition) is 10. The third-order valence-corrected chi connectivity index (χ3v) is 6.60. The molecule has 0 saturated heterocycles. The molecule has 0 aliphatic rings. The number of rotatable bonds is 7. The number of nitrogens with zero attached hydrogens (tertiary/aromatic N) is 8. The number of anilines is 2. The Balaban J connectivity index is 1.56. The van der Waals surface area contributed by atoms with Crippen molar-refractivity contribution in [3.8, 4) is 28.3 Å². The predicted octanol–water partition coefficient (Wildman–Crippen LogP) is 4.08. The van der Waals surface area contributed by atoms with E-state index in [0.717, 1.165) is 11.1 Å². The molecule has 0 bridgehead atoms. The van der Waals surface area contributed by atoms with Gasteiger partial charge in [0, 0.05) is 25.7 Å². The average Bonchev–Trinajstić information content (AvgIpc) is 3.59. The van der Waals surface area contributed by atoms with E-state index in [4.69, 9.17) is 15.1 Å². The van der Waals surface area contributed by atoms with Crippen LogP contribution >= 0.6 is 0 Å². The first-order chi connectivity index (χ1) is 19.4. The highest BCUT2D eigenvalue weighted by Crippen LogP contribution is 2.33. The Hall–Kier alpha value is -5.39. The molecule has 0 aliphatic carbocycles. The van der Waals surface area contributed by atoms with Crippen LogP contribution in [0.5, 0.6) is 0 Å². The SMILES string of the molecule is CC[C@H](Nc1ncnc(N)c1-c1nnc(C)o1)c1nc2cccc(-c3cnn(C)c3)c2c(=O)n1-c1ccccc1. The molecule has 0 radical (unpaired) electrons. The van der Waals surface area contributed by atoms with Crippen LogP contribution in [0.4, 0.5) is 11.6 Å². The van der Waals surface area contributed by atoms with Gasteiger partial charge >= 0.3 is 0 Å². The van der Waals surface area contributed by atoms with Gasteiger partial charge in [0.15, 0.2) is 0 Å². The van der Waals surface area contributed by atoms with Gasteiger partial charge in [-0.2, -0.15) is 5.10 Å². The van der Waals surface area contributed by atoms with E-state index in [-0.39, 0.29) is 17.3 Å². The number of para-hydroxylation sites is 1. The number of aromatic nitrogens is 8. The molecule has 2 aromatic carbocycles. The van der Waals surface area contributed by atoms with E-state index in [1.54, 1.807) is 22.4 Å². The zero-order chi connectivity index (χ0) is 27.8. The zero-order valence-electron chi connectivity index (χ0n) is 22.1. The molecule has 0 aliphatic heterocycles. The summed E-state index contributed by atoms with van der Waals surface area (Å²) in [7, 11) is 1.84. The van der Waals surface area contributed by atoms with E-state index in [1.807, 2.05) is 68.7 Å². The summed E-state index contributed by atoms with van der Waals surface area (Å²) in [6, 6.07) is 14.6. The summed E-state index contributed by atoms with van der Waals surface area (Å²) in [5, 5.41) is 16.2. The molecule has 0 amide bonds. The lowest BCUT2D eigenvalue weighted by molar-refractivity contribution is 0.532. The van der Waals surface area contributed by atoms with Crippen LogP contribution in [0.1, 0.15) is 31.1 Å². The fraction of sp³-hybridized carbons (Fsp3) is 0.179. The summed E-state index contributed by atoms with van der Waals surface area (Å²) in [5.74, 6) is 1.67. The molecule has 12 heteroatoms. The van der Waals surface area contributed by atoms with E-state index < -0.39 is 6.04 Å². The molecular weight excluding hydrogens is 508 g/mol. The molecule has 0 saturated carbocycles. The first-order valence-electron chi connectivity index (χ1n) is 12.7. The Labute approximate surface area is 228 Å². The van der Waals surface area contributed by atoms with E-state index in [9.17, 15) is 4.79 Å². The first kappa shape index (κ1) is 24.9. The molecule has 6 aromatic rings. The minimum atomic E-state index is -0.448. The number of aryl methyl sites for hydroxylation is 2. The van der Waals surface area contributed by atoms with Crippen LogP contribution in [0.25, 0.3) is 39.2 Å². The molecule has 200 valence electrons. The van der Waals surface area contributed by atoms with Crippen molar-refractivity contribution >= 4 is 22.5 Å². The fourth-order valence-electron chi connectivity index (χ4n) is 4.74. The molecule has 4 heterocycles. The van der Waals surface area contributed by atoms with Gasteiger partial charge in [0.05, 0.1) is 28.8 Å². The summed E-state index contributed by atoms with van der Waals surface area (Å²) in [5.41, 5.74) is 9.26. The van der Waals surface area contributed by atoms with Gasteiger partial charge < -0.3 is 15.5 Å². The van der Waals surface area contributed by atoms with Crippen molar-refractivity contribution in [1.82, 2.24) is 39.5 Å². The van der Waals surface area contributed by atoms with Gasteiger partial charge in [-0.1, -0.05) is 37.3 Å². The average molecular weight is 535 g/mol. The number of fused-ring (bicyclic) bond motifs is 1. The standard InChI is InChI=1S/C28H26N10O2/c1-4-20(33-25-23(24(29)30-15-31-25)27-36-35-16(2)40-27)26-34-21-12-8-11-19(17-13-32-37(3)14-17)22(21)28(39)38(26)18-9-6-5-7-10-18/h5-15,20H,4H2,1-3H3,(H3,29,30,31,33)/t20-/m0/s1. The first-order valence-corrected chi connectivity index (χ1v) is 12.7. The van der Waals surface area contributed by atoms with E-state index in [1.165, 1.54) is 6.33 Å². The van der Waals surface area contributed by atoms with Crippen LogP contribution in [0, 0.1) is 6.92 Å². The van der Waals surface area contributed by atoms with Crippen LogP contribution in [0.3, 0.4) is 0 Å². The van der Waals surface area contributed by atoms with Gasteiger partial charge in [0.2, 0.25) is 5.89 Å². The topological polar surface area (TPSA) is 155 Å². The van der Waals surface area contributed by atoms with Crippen LogP contribution in [0.2, 0.25) is 0 Å². The molecule has 0 spiro atoms. The molecule has 1 atom stereocenters. The maximum atomic E-state index is 14.4. The summed E-state index contributed by atoms with van der Waals surface area (Å²) in [6.45, 7) is 3.69. The number of hydrogen-bond donors (Lipinski definition) is 2. The Morgan fingerprint density at radius 2 is 1.90 bits per heavy atom. The van der Waals surface area contributed by atoms with Crippen LogP contribution < -0.4 is 16.6 Å². The molecule has 4 aromatic heterocycles. The normalized spacial score (nSPS) is 12.1. The van der Waals surface area contributed by atoms with Crippen molar-refractivity contribution in [2.75, 3.05) is 11.1 Å². The second kappa shape index (κ2) is 10.1. The van der Waals surface area contributed by atoms with Gasteiger partial charge in [0.25, 0.3) is 11.4 Å². The van der Waals surface area contributed by atoms with Crippen LogP contribution in [-0.2, 0) is 7.05 Å². The van der Waals surface area contributed by atoms with Gasteiger partial charge in [-0.15, -0.1) is 10.2 Å². The quantitative estimate of drug-likeness (QED) is 0.306. The van der Waals surface area contributed by atoms with Crippen LogP contribution in [0.15, 0.2) is 76.5 Å².